The SMILES string of the molecule is COc1cc(C=C(C(=O)N(C)C)c2ccc(Oc3ccc(C)cc3)cc2)cc(OC)c1. The summed E-state index contributed by atoms with van der Waals surface area (Å²) >= 11 is 0. The van der Waals surface area contributed by atoms with Gasteiger partial charge in [-0.2, -0.15) is 0 Å². The lowest BCUT2D eigenvalue weighted by molar-refractivity contribution is -0.122. The van der Waals surface area contributed by atoms with Gasteiger partial charge in [-0.15, -0.1) is 0 Å². The normalized spacial score (nSPS) is 11.1. The second-order valence-corrected chi connectivity index (χ2v) is 7.34. The van der Waals surface area contributed by atoms with Crippen LogP contribution >= 0.6 is 0 Å². The van der Waals surface area contributed by atoms with Gasteiger partial charge in [0.15, 0.2) is 0 Å². The Morgan fingerprint density at radius 3 is 1.77 bits per heavy atom. The van der Waals surface area contributed by atoms with Crippen molar-refractivity contribution in [1.29, 1.82) is 0 Å². The maximum atomic E-state index is 12.9. The molecular formula is C26H27NO4. The van der Waals surface area contributed by atoms with Gasteiger partial charge in [-0.25, -0.2) is 0 Å². The first-order valence-corrected chi connectivity index (χ1v) is 9.91. The quantitative estimate of drug-likeness (QED) is 0.380. The van der Waals surface area contributed by atoms with Gasteiger partial charge in [-0.3, -0.25) is 4.79 Å². The van der Waals surface area contributed by atoms with Crippen molar-refractivity contribution < 1.29 is 19.0 Å². The van der Waals surface area contributed by atoms with E-state index in [0.717, 1.165) is 16.9 Å². The average molecular weight is 418 g/mol. The van der Waals surface area contributed by atoms with Crippen molar-refractivity contribution in [3.63, 3.8) is 0 Å². The molecule has 1 amide bonds. The summed E-state index contributed by atoms with van der Waals surface area (Å²) in [7, 11) is 6.66. The summed E-state index contributed by atoms with van der Waals surface area (Å²) in [6.45, 7) is 2.03. The van der Waals surface area contributed by atoms with Gasteiger partial charge in [-0.05, 0) is 60.5 Å². The summed E-state index contributed by atoms with van der Waals surface area (Å²) in [5.41, 5.74) is 3.33. The number of carbonyl (C=O) groups excluding carboxylic acids is 1. The van der Waals surface area contributed by atoms with Crippen molar-refractivity contribution in [1.82, 2.24) is 4.90 Å². The third-order valence-corrected chi connectivity index (χ3v) is 4.74. The monoisotopic (exact) mass is 417 g/mol. The zero-order valence-electron chi connectivity index (χ0n) is 18.5. The molecule has 31 heavy (non-hydrogen) atoms. The Bertz CT molecular complexity index is 1050. The van der Waals surface area contributed by atoms with Gasteiger partial charge in [-0.1, -0.05) is 29.8 Å². The van der Waals surface area contributed by atoms with E-state index in [9.17, 15) is 4.79 Å². The molecule has 0 saturated carbocycles. The Balaban J connectivity index is 1.95. The first-order chi connectivity index (χ1) is 14.9. The average Bonchev–Trinajstić information content (AvgIpc) is 2.78. The highest BCUT2D eigenvalue weighted by atomic mass is 16.5. The van der Waals surface area contributed by atoms with Gasteiger partial charge >= 0.3 is 0 Å². The number of benzene rings is 3. The molecule has 0 atom stereocenters. The molecule has 0 N–H and O–H groups in total. The molecule has 0 aliphatic rings. The molecule has 3 rings (SSSR count). The van der Waals surface area contributed by atoms with E-state index in [2.05, 4.69) is 0 Å². The van der Waals surface area contributed by atoms with Crippen LogP contribution in [0, 0.1) is 6.92 Å². The Hall–Kier alpha value is -3.73. The molecule has 0 saturated heterocycles. The van der Waals surface area contributed by atoms with E-state index >= 15 is 0 Å². The number of rotatable bonds is 7. The molecule has 0 fully saturated rings. The molecule has 0 radical (unpaired) electrons. The second kappa shape index (κ2) is 9.85. The smallest absolute Gasteiger partial charge is 0.253 e. The van der Waals surface area contributed by atoms with Gasteiger partial charge in [0, 0.05) is 25.7 Å². The van der Waals surface area contributed by atoms with Crippen molar-refractivity contribution >= 4 is 17.6 Å². The van der Waals surface area contributed by atoms with E-state index in [0.29, 0.717) is 22.8 Å². The molecule has 3 aromatic rings. The van der Waals surface area contributed by atoms with Crippen LogP contribution in [0.2, 0.25) is 0 Å². The highest BCUT2D eigenvalue weighted by molar-refractivity contribution is 6.24. The number of hydrogen-bond donors (Lipinski definition) is 0. The summed E-state index contributed by atoms with van der Waals surface area (Å²) in [6.07, 6.45) is 1.84. The number of methoxy groups -OCH3 is 2. The lowest BCUT2D eigenvalue weighted by Gasteiger charge is -2.15. The van der Waals surface area contributed by atoms with Gasteiger partial charge in [0.2, 0.25) is 0 Å². The van der Waals surface area contributed by atoms with E-state index in [1.807, 2.05) is 73.7 Å². The zero-order chi connectivity index (χ0) is 22.4. The van der Waals surface area contributed by atoms with Crippen LogP contribution < -0.4 is 14.2 Å². The molecule has 5 nitrogen and oxygen atoms in total. The summed E-state index contributed by atoms with van der Waals surface area (Å²) in [4.78, 5) is 14.5. The molecule has 5 heteroatoms. The van der Waals surface area contributed by atoms with Crippen LogP contribution in [0.1, 0.15) is 16.7 Å². The van der Waals surface area contributed by atoms with Crippen molar-refractivity contribution in [3.05, 3.63) is 83.4 Å². The predicted octanol–water partition coefficient (Wildman–Crippen LogP) is 5.43. The van der Waals surface area contributed by atoms with Gasteiger partial charge in [0.1, 0.15) is 23.0 Å². The fourth-order valence-corrected chi connectivity index (χ4v) is 3.03. The summed E-state index contributed by atoms with van der Waals surface area (Å²) in [5.74, 6) is 2.68. The molecule has 160 valence electrons. The Kier molecular flexibility index (Phi) is 6.98. The molecule has 0 aromatic heterocycles. The van der Waals surface area contributed by atoms with Crippen molar-refractivity contribution in [3.8, 4) is 23.0 Å². The van der Waals surface area contributed by atoms with E-state index in [4.69, 9.17) is 14.2 Å². The van der Waals surface area contributed by atoms with E-state index in [1.165, 1.54) is 5.56 Å². The van der Waals surface area contributed by atoms with E-state index in [1.54, 1.807) is 39.3 Å². The number of nitrogens with zero attached hydrogens (tertiary/aromatic N) is 1. The zero-order valence-corrected chi connectivity index (χ0v) is 18.5. The standard InChI is InChI=1S/C26H27NO4/c1-18-6-10-21(11-7-18)31-22-12-8-20(9-13-22)25(26(28)27(2)3)16-19-14-23(29-4)17-24(15-19)30-5/h6-17H,1-5H3. The third-order valence-electron chi connectivity index (χ3n) is 4.74. The Morgan fingerprint density at radius 2 is 1.29 bits per heavy atom. The number of hydrogen-bond acceptors (Lipinski definition) is 4. The number of amides is 1. The number of aryl methyl sites for hydroxylation is 1. The molecule has 0 aliphatic carbocycles. The van der Waals surface area contributed by atoms with Crippen molar-refractivity contribution in [2.24, 2.45) is 0 Å². The second-order valence-electron chi connectivity index (χ2n) is 7.34. The lowest BCUT2D eigenvalue weighted by atomic mass is 10.0. The van der Waals surface area contributed by atoms with Crippen LogP contribution in [0.15, 0.2) is 66.7 Å². The fourth-order valence-electron chi connectivity index (χ4n) is 3.03. The van der Waals surface area contributed by atoms with Gasteiger partial charge in [0.05, 0.1) is 14.2 Å². The van der Waals surface area contributed by atoms with E-state index < -0.39 is 0 Å². The summed E-state index contributed by atoms with van der Waals surface area (Å²) in [5, 5.41) is 0. The maximum Gasteiger partial charge on any atom is 0.253 e. The van der Waals surface area contributed by atoms with Crippen LogP contribution in [0.4, 0.5) is 0 Å². The minimum atomic E-state index is -0.103. The van der Waals surface area contributed by atoms with Crippen LogP contribution in [-0.4, -0.2) is 39.1 Å². The van der Waals surface area contributed by atoms with Crippen LogP contribution in [-0.2, 0) is 4.79 Å². The molecule has 0 bridgehead atoms. The van der Waals surface area contributed by atoms with Crippen LogP contribution in [0.5, 0.6) is 23.0 Å². The topological polar surface area (TPSA) is 48.0 Å². The van der Waals surface area contributed by atoms with Crippen molar-refractivity contribution in [2.75, 3.05) is 28.3 Å². The van der Waals surface area contributed by atoms with Gasteiger partial charge in [0.25, 0.3) is 5.91 Å². The fraction of sp³-hybridized carbons (Fsp3) is 0.192. The Labute approximate surface area is 183 Å². The molecule has 0 spiro atoms. The number of carbonyl (C=O) groups is 1. The molecule has 0 unspecified atom stereocenters. The first-order valence-electron chi connectivity index (χ1n) is 9.91. The van der Waals surface area contributed by atoms with Crippen LogP contribution in [0.3, 0.4) is 0 Å². The Morgan fingerprint density at radius 1 is 0.774 bits per heavy atom. The summed E-state index contributed by atoms with van der Waals surface area (Å²) in [6, 6.07) is 20.9. The highest BCUT2D eigenvalue weighted by Gasteiger charge is 2.15. The summed E-state index contributed by atoms with van der Waals surface area (Å²) < 4.78 is 16.6. The van der Waals surface area contributed by atoms with Gasteiger partial charge < -0.3 is 19.1 Å². The maximum absolute atomic E-state index is 12.9. The van der Waals surface area contributed by atoms with Crippen molar-refractivity contribution in [2.45, 2.75) is 6.92 Å². The number of ether oxygens (including phenoxy) is 3. The minimum Gasteiger partial charge on any atom is -0.497 e. The minimum absolute atomic E-state index is 0.103. The lowest BCUT2D eigenvalue weighted by Crippen LogP contribution is -2.22. The molecular weight excluding hydrogens is 390 g/mol. The first kappa shape index (κ1) is 22.0. The third kappa shape index (κ3) is 5.66. The molecule has 0 aliphatic heterocycles. The van der Waals surface area contributed by atoms with E-state index in [-0.39, 0.29) is 5.91 Å². The largest absolute Gasteiger partial charge is 0.497 e. The highest BCUT2D eigenvalue weighted by Crippen LogP contribution is 2.29. The predicted molar refractivity (Wildman–Crippen MR) is 124 cm³/mol. The van der Waals surface area contributed by atoms with Crippen LogP contribution in [0.25, 0.3) is 11.6 Å². The molecule has 3 aromatic carbocycles. The number of likely N-dealkylation sites (N-methyl/N-ethyl adjacent to an activating group) is 1. The molecule has 0 heterocycles.